The van der Waals surface area contributed by atoms with Gasteiger partial charge in [0.2, 0.25) is 0 Å². The van der Waals surface area contributed by atoms with Gasteiger partial charge < -0.3 is 24.6 Å². The van der Waals surface area contributed by atoms with Gasteiger partial charge in [-0.25, -0.2) is 14.1 Å². The predicted octanol–water partition coefficient (Wildman–Crippen LogP) is 6.71. The fraction of sp³-hybridized carbons (Fsp3) is 0.286. The van der Waals surface area contributed by atoms with E-state index in [9.17, 15) is 18.0 Å². The number of nitrogens with two attached hydrogens (primary N) is 1. The van der Waals surface area contributed by atoms with Crippen LogP contribution >= 0.6 is 0 Å². The smallest absolute Gasteiger partial charge is 0.409 e. The largest absolute Gasteiger partial charge is 0.435 e. The molecule has 5 rings (SSSR count). The van der Waals surface area contributed by atoms with E-state index in [0.717, 1.165) is 4.68 Å². The first kappa shape index (κ1) is 30.0. The van der Waals surface area contributed by atoms with Gasteiger partial charge in [-0.2, -0.15) is 18.3 Å². The number of carbonyl (C=O) groups excluding carboxylic acids is 1. The molecule has 0 aliphatic rings. The molecule has 3 N–H and O–H groups in total. The first-order valence-corrected chi connectivity index (χ1v) is 16.1. The van der Waals surface area contributed by atoms with Crippen molar-refractivity contribution in [3.63, 3.8) is 0 Å². The SMILES string of the molecule is CC(C)(C)[Si](C)(C)OCc1nccn1-c1ccc(NC(=O)c2cc(C(F)(F)F)nn2-c2ccc3onc(N)c3c2)c(F)c1. The van der Waals surface area contributed by atoms with Crippen LogP contribution in [0.2, 0.25) is 18.1 Å². The first-order chi connectivity index (χ1) is 20.0. The monoisotopic (exact) mass is 615 g/mol. The van der Waals surface area contributed by atoms with Crippen molar-refractivity contribution in [2.24, 2.45) is 0 Å². The number of nitrogens with zero attached hydrogens (tertiary/aromatic N) is 5. The fourth-order valence-electron chi connectivity index (χ4n) is 4.03. The maximum Gasteiger partial charge on any atom is 0.435 e. The van der Waals surface area contributed by atoms with Crippen LogP contribution in [-0.2, 0) is 17.2 Å². The maximum atomic E-state index is 15.3. The van der Waals surface area contributed by atoms with E-state index in [1.807, 2.05) is 0 Å². The summed E-state index contributed by atoms with van der Waals surface area (Å²) in [6.07, 6.45) is -1.61. The average Bonchev–Trinajstić information content (AvgIpc) is 3.66. The van der Waals surface area contributed by atoms with E-state index in [1.165, 1.54) is 30.3 Å². The number of fused-ring (bicyclic) bond motifs is 1. The number of benzene rings is 2. The summed E-state index contributed by atoms with van der Waals surface area (Å²) in [6.45, 7) is 10.8. The molecule has 0 unspecified atom stereocenters. The zero-order valence-corrected chi connectivity index (χ0v) is 25.0. The molecular weight excluding hydrogens is 586 g/mol. The number of amides is 1. The zero-order valence-electron chi connectivity index (χ0n) is 24.0. The number of rotatable bonds is 7. The lowest BCUT2D eigenvalue weighted by atomic mass is 10.2. The molecule has 0 atom stereocenters. The van der Waals surface area contributed by atoms with E-state index in [0.29, 0.717) is 28.5 Å². The number of anilines is 2. The Bertz CT molecular complexity index is 1820. The van der Waals surface area contributed by atoms with Gasteiger partial charge in [0.05, 0.1) is 23.4 Å². The number of aromatic nitrogens is 5. The third-order valence-electron chi connectivity index (χ3n) is 7.52. The summed E-state index contributed by atoms with van der Waals surface area (Å²) in [4.78, 5) is 17.6. The molecule has 1 amide bonds. The highest BCUT2D eigenvalue weighted by Crippen LogP contribution is 2.37. The van der Waals surface area contributed by atoms with E-state index in [-0.39, 0.29) is 28.8 Å². The van der Waals surface area contributed by atoms with Crippen LogP contribution in [0.25, 0.3) is 22.3 Å². The number of hydrogen-bond acceptors (Lipinski definition) is 7. The molecule has 0 saturated heterocycles. The second-order valence-corrected chi connectivity index (χ2v) is 16.3. The van der Waals surface area contributed by atoms with Crippen molar-refractivity contribution in [1.29, 1.82) is 0 Å². The molecule has 15 heteroatoms. The minimum atomic E-state index is -4.84. The maximum absolute atomic E-state index is 15.3. The summed E-state index contributed by atoms with van der Waals surface area (Å²) in [5.74, 6) is -1.24. The molecule has 0 radical (unpaired) electrons. The molecule has 0 saturated carbocycles. The summed E-state index contributed by atoms with van der Waals surface area (Å²) in [6, 6.07) is 8.86. The number of alkyl halides is 3. The third kappa shape index (κ3) is 5.90. The molecule has 0 aliphatic heterocycles. The summed E-state index contributed by atoms with van der Waals surface area (Å²) in [5.41, 5.74) is 4.55. The number of halogens is 4. The van der Waals surface area contributed by atoms with Crippen LogP contribution < -0.4 is 11.1 Å². The highest BCUT2D eigenvalue weighted by molar-refractivity contribution is 6.74. The first-order valence-electron chi connectivity index (χ1n) is 13.2. The lowest BCUT2D eigenvalue weighted by Gasteiger charge is -2.36. The second kappa shape index (κ2) is 10.6. The highest BCUT2D eigenvalue weighted by atomic mass is 28.4. The van der Waals surface area contributed by atoms with Gasteiger partial charge in [0.15, 0.2) is 25.4 Å². The molecule has 3 aromatic heterocycles. The van der Waals surface area contributed by atoms with E-state index in [1.54, 1.807) is 23.0 Å². The van der Waals surface area contributed by atoms with Gasteiger partial charge in [0.1, 0.15) is 17.3 Å². The molecule has 0 bridgehead atoms. The Kier molecular flexibility index (Phi) is 7.42. The van der Waals surface area contributed by atoms with Crippen LogP contribution in [0.4, 0.5) is 29.1 Å². The number of hydrogen-bond donors (Lipinski definition) is 2. The lowest BCUT2D eigenvalue weighted by molar-refractivity contribution is -0.141. The third-order valence-corrected chi connectivity index (χ3v) is 12.0. The minimum Gasteiger partial charge on any atom is -0.409 e. The van der Waals surface area contributed by atoms with Crippen LogP contribution in [0.15, 0.2) is 59.4 Å². The molecule has 3 heterocycles. The van der Waals surface area contributed by atoms with Gasteiger partial charge in [-0.3, -0.25) is 4.79 Å². The number of nitrogens with one attached hydrogen (secondary N) is 1. The Morgan fingerprint density at radius 3 is 2.49 bits per heavy atom. The molecule has 10 nitrogen and oxygen atoms in total. The van der Waals surface area contributed by atoms with Gasteiger partial charge in [0.25, 0.3) is 5.91 Å². The van der Waals surface area contributed by atoms with Crippen molar-refractivity contribution in [2.45, 2.75) is 51.7 Å². The van der Waals surface area contributed by atoms with E-state index >= 15 is 4.39 Å². The molecule has 5 aromatic rings. The van der Waals surface area contributed by atoms with Crippen LogP contribution in [0.3, 0.4) is 0 Å². The topological polar surface area (TPSA) is 126 Å². The summed E-state index contributed by atoms with van der Waals surface area (Å²) < 4.78 is 69.8. The van der Waals surface area contributed by atoms with Crippen LogP contribution in [0.5, 0.6) is 0 Å². The van der Waals surface area contributed by atoms with E-state index in [2.05, 4.69) is 54.4 Å². The van der Waals surface area contributed by atoms with Gasteiger partial charge in [-0.1, -0.05) is 25.9 Å². The van der Waals surface area contributed by atoms with Crippen molar-refractivity contribution in [2.75, 3.05) is 11.1 Å². The number of imidazole rings is 1. The van der Waals surface area contributed by atoms with E-state index in [4.69, 9.17) is 14.7 Å². The van der Waals surface area contributed by atoms with Crippen LogP contribution in [-0.4, -0.2) is 38.7 Å². The van der Waals surface area contributed by atoms with Crippen molar-refractivity contribution in [1.82, 2.24) is 24.5 Å². The van der Waals surface area contributed by atoms with Gasteiger partial charge in [0, 0.05) is 30.2 Å². The zero-order chi connectivity index (χ0) is 31.3. The Hall–Kier alpha value is -4.50. The molecule has 2 aromatic carbocycles. The molecule has 0 aliphatic carbocycles. The van der Waals surface area contributed by atoms with Crippen LogP contribution in [0.1, 0.15) is 42.8 Å². The Balaban J connectivity index is 1.41. The van der Waals surface area contributed by atoms with Crippen molar-refractivity contribution >= 4 is 36.7 Å². The quantitative estimate of drug-likeness (QED) is 0.154. The number of nitrogen functional groups attached to an aromatic ring is 1. The Labute approximate surface area is 244 Å². The average molecular weight is 616 g/mol. The number of carbonyl (C=O) groups is 1. The Morgan fingerprint density at radius 1 is 1.09 bits per heavy atom. The Morgan fingerprint density at radius 2 is 1.81 bits per heavy atom. The molecule has 0 spiro atoms. The van der Waals surface area contributed by atoms with Gasteiger partial charge in [-0.05, 0) is 48.5 Å². The predicted molar refractivity (Wildman–Crippen MR) is 154 cm³/mol. The summed E-state index contributed by atoms with van der Waals surface area (Å²) in [7, 11) is -2.07. The van der Waals surface area contributed by atoms with Crippen molar-refractivity contribution in [3.05, 3.63) is 77.9 Å². The van der Waals surface area contributed by atoms with Gasteiger partial charge in [-0.15, -0.1) is 0 Å². The molecular formula is C28H29F4N7O3Si. The summed E-state index contributed by atoms with van der Waals surface area (Å²) in [5, 5.41) is 9.88. The fourth-order valence-corrected chi connectivity index (χ4v) is 4.96. The highest BCUT2D eigenvalue weighted by Gasteiger charge is 2.38. The molecule has 226 valence electrons. The normalized spacial score (nSPS) is 12.7. The minimum absolute atomic E-state index is 0.0107. The van der Waals surface area contributed by atoms with E-state index < -0.39 is 37.6 Å². The standard InChI is InChI=1S/C28H29F4N7O3Si/c1-27(2,3)43(4,5)41-15-24-34-10-11-38(24)16-6-8-20(19(29)13-16)35-26(40)21-14-23(28(30,31)32)36-39(21)17-7-9-22-18(12-17)25(33)37-42-22/h6-14H,15H2,1-5H3,(H2,33,37)(H,35,40). The summed E-state index contributed by atoms with van der Waals surface area (Å²) >= 11 is 0. The molecule has 0 fully saturated rings. The molecule has 43 heavy (non-hydrogen) atoms. The van der Waals surface area contributed by atoms with Gasteiger partial charge >= 0.3 is 6.18 Å². The lowest BCUT2D eigenvalue weighted by Crippen LogP contribution is -2.40. The van der Waals surface area contributed by atoms with Crippen molar-refractivity contribution in [3.8, 4) is 11.4 Å². The van der Waals surface area contributed by atoms with Crippen molar-refractivity contribution < 1.29 is 31.3 Å². The van der Waals surface area contributed by atoms with Crippen LogP contribution in [0, 0.1) is 5.82 Å². The second-order valence-electron chi connectivity index (χ2n) is 11.5.